The van der Waals surface area contributed by atoms with E-state index in [0.717, 1.165) is 0 Å². The first kappa shape index (κ1) is 25.3. The molecule has 0 aliphatic carbocycles. The first-order valence-corrected chi connectivity index (χ1v) is 9.75. The van der Waals surface area contributed by atoms with Crippen molar-refractivity contribution in [2.24, 2.45) is 11.7 Å². The minimum absolute atomic E-state index is 0.232. The number of carboxylic acids is 2. The highest BCUT2D eigenvalue weighted by Gasteiger charge is 2.39. The zero-order valence-electron chi connectivity index (χ0n) is 17.0. The predicted octanol–water partition coefficient (Wildman–Crippen LogP) is -2.13. The van der Waals surface area contributed by atoms with Crippen LogP contribution in [0.5, 0.6) is 0 Å². The van der Waals surface area contributed by atoms with E-state index in [4.69, 9.17) is 21.1 Å². The summed E-state index contributed by atoms with van der Waals surface area (Å²) >= 11 is 0. The minimum Gasteiger partial charge on any atom is -0.481 e. The molecule has 1 aliphatic heterocycles. The van der Waals surface area contributed by atoms with Crippen molar-refractivity contribution < 1.29 is 39.3 Å². The molecule has 3 amide bonds. The quantitative estimate of drug-likeness (QED) is 0.212. The lowest BCUT2D eigenvalue weighted by Crippen LogP contribution is -2.58. The van der Waals surface area contributed by atoms with Crippen LogP contribution in [-0.2, 0) is 24.0 Å². The van der Waals surface area contributed by atoms with Crippen LogP contribution in [0.4, 0.5) is 0 Å². The Morgan fingerprint density at radius 2 is 1.80 bits per heavy atom. The second-order valence-corrected chi connectivity index (χ2v) is 7.35. The number of nitrogens with zero attached hydrogens (tertiary/aromatic N) is 1. The number of aliphatic hydroxyl groups is 1. The topological polar surface area (TPSA) is 199 Å². The van der Waals surface area contributed by atoms with Crippen molar-refractivity contribution in [3.63, 3.8) is 0 Å². The molecule has 0 aromatic heterocycles. The molecule has 12 heteroatoms. The predicted molar refractivity (Wildman–Crippen MR) is 103 cm³/mol. The Morgan fingerprint density at radius 3 is 2.30 bits per heavy atom. The maximum atomic E-state index is 12.8. The van der Waals surface area contributed by atoms with Gasteiger partial charge in [-0.2, -0.15) is 0 Å². The third kappa shape index (κ3) is 6.66. The van der Waals surface area contributed by atoms with Crippen LogP contribution >= 0.6 is 0 Å². The molecule has 0 aromatic rings. The smallest absolute Gasteiger partial charge is 0.328 e. The number of amides is 3. The van der Waals surface area contributed by atoms with Gasteiger partial charge < -0.3 is 36.6 Å². The number of carbonyl (C=O) groups excluding carboxylic acids is 3. The fraction of sp³-hybridized carbons (Fsp3) is 0.722. The lowest BCUT2D eigenvalue weighted by atomic mass is 9.97. The van der Waals surface area contributed by atoms with Gasteiger partial charge in [0.15, 0.2) is 0 Å². The number of rotatable bonds is 11. The summed E-state index contributed by atoms with van der Waals surface area (Å²) in [6.07, 6.45) is 0.751. The van der Waals surface area contributed by atoms with E-state index in [2.05, 4.69) is 10.6 Å². The van der Waals surface area contributed by atoms with Crippen LogP contribution in [-0.4, -0.2) is 87.2 Å². The van der Waals surface area contributed by atoms with Crippen molar-refractivity contribution in [1.29, 1.82) is 0 Å². The fourth-order valence-electron chi connectivity index (χ4n) is 3.19. The Balaban J connectivity index is 2.92. The molecule has 1 rings (SSSR count). The number of hydrogen-bond acceptors (Lipinski definition) is 7. The molecule has 1 aliphatic rings. The van der Waals surface area contributed by atoms with Gasteiger partial charge in [-0.15, -0.1) is 0 Å². The molecule has 0 radical (unpaired) electrons. The van der Waals surface area contributed by atoms with E-state index in [1.807, 2.05) is 0 Å². The van der Waals surface area contributed by atoms with Crippen molar-refractivity contribution in [3.8, 4) is 0 Å². The molecule has 0 aromatic carbocycles. The van der Waals surface area contributed by atoms with Gasteiger partial charge in [0.1, 0.15) is 18.1 Å². The monoisotopic (exact) mass is 430 g/mol. The number of aliphatic hydroxyl groups excluding tert-OH is 1. The lowest BCUT2D eigenvalue weighted by molar-refractivity contribution is -0.145. The SMILES string of the molecule is CCC(C)C(NC(=O)C1CCCN1C(=O)C(N)CC(=O)O)C(=O)NC(CO)C(=O)O. The largest absolute Gasteiger partial charge is 0.481 e. The van der Waals surface area contributed by atoms with Crippen LogP contribution in [0.3, 0.4) is 0 Å². The second-order valence-electron chi connectivity index (χ2n) is 7.35. The van der Waals surface area contributed by atoms with E-state index in [1.165, 1.54) is 4.90 Å². The maximum Gasteiger partial charge on any atom is 0.328 e. The highest BCUT2D eigenvalue weighted by atomic mass is 16.4. The molecular weight excluding hydrogens is 400 g/mol. The Hall–Kier alpha value is -2.73. The van der Waals surface area contributed by atoms with Gasteiger partial charge in [-0.3, -0.25) is 19.2 Å². The van der Waals surface area contributed by atoms with E-state index in [-0.39, 0.29) is 12.5 Å². The second kappa shape index (κ2) is 11.5. The Morgan fingerprint density at radius 1 is 1.17 bits per heavy atom. The molecule has 0 saturated carbocycles. The highest BCUT2D eigenvalue weighted by Crippen LogP contribution is 2.20. The molecule has 1 saturated heterocycles. The number of likely N-dealkylation sites (tertiary alicyclic amines) is 1. The Labute approximate surface area is 173 Å². The van der Waals surface area contributed by atoms with Crippen molar-refractivity contribution in [2.45, 2.75) is 63.7 Å². The van der Waals surface area contributed by atoms with Crippen LogP contribution < -0.4 is 16.4 Å². The fourth-order valence-corrected chi connectivity index (χ4v) is 3.19. The summed E-state index contributed by atoms with van der Waals surface area (Å²) in [6.45, 7) is 2.90. The van der Waals surface area contributed by atoms with Gasteiger partial charge in [-0.05, 0) is 18.8 Å². The number of aliphatic carboxylic acids is 2. The summed E-state index contributed by atoms with van der Waals surface area (Å²) in [4.78, 5) is 60.9. The number of carbonyl (C=O) groups is 5. The van der Waals surface area contributed by atoms with Crippen molar-refractivity contribution >= 4 is 29.7 Å². The summed E-state index contributed by atoms with van der Waals surface area (Å²) < 4.78 is 0. The molecule has 7 N–H and O–H groups in total. The van der Waals surface area contributed by atoms with Crippen LogP contribution in [0.1, 0.15) is 39.5 Å². The average molecular weight is 430 g/mol. The van der Waals surface area contributed by atoms with Gasteiger partial charge in [-0.1, -0.05) is 20.3 Å². The van der Waals surface area contributed by atoms with Crippen LogP contribution in [0.2, 0.25) is 0 Å². The van der Waals surface area contributed by atoms with E-state index in [1.54, 1.807) is 13.8 Å². The van der Waals surface area contributed by atoms with Gasteiger partial charge in [0.05, 0.1) is 19.1 Å². The average Bonchev–Trinajstić information content (AvgIpc) is 3.17. The van der Waals surface area contributed by atoms with Crippen molar-refractivity contribution in [2.75, 3.05) is 13.2 Å². The first-order chi connectivity index (χ1) is 14.0. The zero-order chi connectivity index (χ0) is 23.0. The first-order valence-electron chi connectivity index (χ1n) is 9.75. The number of carboxylic acid groups (broad SMARTS) is 2. The molecule has 1 fully saturated rings. The van der Waals surface area contributed by atoms with Gasteiger partial charge in [0.2, 0.25) is 17.7 Å². The summed E-state index contributed by atoms with van der Waals surface area (Å²) in [5.41, 5.74) is 5.63. The number of hydrogen-bond donors (Lipinski definition) is 6. The molecule has 12 nitrogen and oxygen atoms in total. The summed E-state index contributed by atoms with van der Waals surface area (Å²) in [7, 11) is 0. The maximum absolute atomic E-state index is 12.8. The molecular formula is C18H30N4O8. The van der Waals surface area contributed by atoms with Crippen LogP contribution in [0.25, 0.3) is 0 Å². The minimum atomic E-state index is -1.51. The molecule has 170 valence electrons. The molecule has 1 heterocycles. The Bertz CT molecular complexity index is 671. The summed E-state index contributed by atoms with van der Waals surface area (Å²) in [5.74, 6) is -5.05. The van der Waals surface area contributed by atoms with Gasteiger partial charge in [0.25, 0.3) is 0 Å². The normalized spacial score (nSPS) is 20.0. The zero-order valence-corrected chi connectivity index (χ0v) is 17.0. The van der Waals surface area contributed by atoms with Crippen LogP contribution in [0.15, 0.2) is 0 Å². The highest BCUT2D eigenvalue weighted by molar-refractivity contribution is 5.95. The number of nitrogens with one attached hydrogen (secondary N) is 2. The molecule has 0 bridgehead atoms. The van der Waals surface area contributed by atoms with E-state index in [0.29, 0.717) is 19.3 Å². The number of nitrogens with two attached hydrogens (primary N) is 1. The molecule has 30 heavy (non-hydrogen) atoms. The van der Waals surface area contributed by atoms with E-state index < -0.39 is 66.9 Å². The van der Waals surface area contributed by atoms with Crippen molar-refractivity contribution in [1.82, 2.24) is 15.5 Å². The van der Waals surface area contributed by atoms with Crippen LogP contribution in [0, 0.1) is 5.92 Å². The third-order valence-electron chi connectivity index (χ3n) is 5.14. The van der Waals surface area contributed by atoms with Gasteiger partial charge >= 0.3 is 11.9 Å². The standard InChI is InChI=1S/C18H30N4O8/c1-3-9(2)14(16(27)20-11(8-23)18(29)30)21-15(26)12-5-4-6-22(12)17(28)10(19)7-13(24)25/h9-12,14,23H,3-8,19H2,1-2H3,(H,20,27)(H,21,26)(H,24,25)(H,29,30). The molecule has 5 unspecified atom stereocenters. The van der Waals surface area contributed by atoms with Crippen molar-refractivity contribution in [3.05, 3.63) is 0 Å². The van der Waals surface area contributed by atoms with Gasteiger partial charge in [-0.25, -0.2) is 4.79 Å². The lowest BCUT2D eigenvalue weighted by Gasteiger charge is -2.30. The molecule has 0 spiro atoms. The van der Waals surface area contributed by atoms with Gasteiger partial charge in [0, 0.05) is 6.54 Å². The molecule has 5 atom stereocenters. The third-order valence-corrected chi connectivity index (χ3v) is 5.14. The summed E-state index contributed by atoms with van der Waals surface area (Å²) in [5, 5.41) is 31.7. The van der Waals surface area contributed by atoms with E-state index >= 15 is 0 Å². The Kier molecular flexibility index (Phi) is 9.66. The van der Waals surface area contributed by atoms with E-state index in [9.17, 15) is 24.0 Å². The summed E-state index contributed by atoms with van der Waals surface area (Å²) in [6, 6.07) is -4.80.